The van der Waals surface area contributed by atoms with Gasteiger partial charge in [-0.3, -0.25) is 4.79 Å². The maximum absolute atomic E-state index is 11.7. The summed E-state index contributed by atoms with van der Waals surface area (Å²) in [5.41, 5.74) is 6.84. The predicted molar refractivity (Wildman–Crippen MR) is 75.7 cm³/mol. The quantitative estimate of drug-likeness (QED) is 0.799. The number of carbonyl (C=O) groups excluding carboxylic acids is 1. The normalized spacial score (nSPS) is 10.3. The summed E-state index contributed by atoms with van der Waals surface area (Å²) < 4.78 is 2.58. The van der Waals surface area contributed by atoms with E-state index in [9.17, 15) is 4.79 Å². The second-order valence-electron chi connectivity index (χ2n) is 3.67. The Morgan fingerprint density at radius 2 is 2.11 bits per heavy atom. The number of aromatic nitrogens is 3. The fourth-order valence-electron chi connectivity index (χ4n) is 1.39. The van der Waals surface area contributed by atoms with E-state index in [1.54, 1.807) is 6.20 Å². The standard InChI is InChI=1S/C11H12IN5O/c12-8-1-3-9(4-2-8)14-11(18)7-17-6-10(5-13)15-16-17/h1-4,6H,5,7,13H2,(H,14,18). The van der Waals surface area contributed by atoms with E-state index in [1.807, 2.05) is 24.3 Å². The Kier molecular flexibility index (Phi) is 4.26. The summed E-state index contributed by atoms with van der Waals surface area (Å²) in [5, 5.41) is 10.4. The summed E-state index contributed by atoms with van der Waals surface area (Å²) >= 11 is 2.21. The van der Waals surface area contributed by atoms with Gasteiger partial charge in [-0.25, -0.2) is 4.68 Å². The van der Waals surface area contributed by atoms with E-state index in [0.717, 1.165) is 9.26 Å². The molecule has 1 amide bonds. The van der Waals surface area contributed by atoms with Crippen molar-refractivity contribution in [2.75, 3.05) is 5.32 Å². The van der Waals surface area contributed by atoms with Gasteiger partial charge in [-0.05, 0) is 46.9 Å². The molecule has 3 N–H and O–H groups in total. The smallest absolute Gasteiger partial charge is 0.246 e. The van der Waals surface area contributed by atoms with E-state index in [-0.39, 0.29) is 12.5 Å². The monoisotopic (exact) mass is 357 g/mol. The molecule has 6 nitrogen and oxygen atoms in total. The van der Waals surface area contributed by atoms with E-state index in [2.05, 4.69) is 38.2 Å². The van der Waals surface area contributed by atoms with Crippen molar-refractivity contribution in [3.05, 3.63) is 39.7 Å². The van der Waals surface area contributed by atoms with E-state index in [4.69, 9.17) is 5.73 Å². The zero-order valence-corrected chi connectivity index (χ0v) is 11.7. The number of amides is 1. The second kappa shape index (κ2) is 5.91. The molecular formula is C11H12IN5O. The third-order valence-corrected chi connectivity index (χ3v) is 2.95. The lowest BCUT2D eigenvalue weighted by molar-refractivity contribution is -0.116. The number of hydrogen-bond acceptors (Lipinski definition) is 4. The van der Waals surface area contributed by atoms with Crippen molar-refractivity contribution in [1.82, 2.24) is 15.0 Å². The summed E-state index contributed by atoms with van der Waals surface area (Å²) in [6.07, 6.45) is 1.66. The summed E-state index contributed by atoms with van der Waals surface area (Å²) in [5.74, 6) is -0.148. The average molecular weight is 357 g/mol. The van der Waals surface area contributed by atoms with Gasteiger partial charge in [0.15, 0.2) is 0 Å². The minimum absolute atomic E-state index is 0.124. The Labute approximate surface area is 118 Å². The number of nitrogens with zero attached hydrogens (tertiary/aromatic N) is 3. The molecule has 0 aliphatic carbocycles. The molecule has 0 spiro atoms. The lowest BCUT2D eigenvalue weighted by atomic mass is 10.3. The topological polar surface area (TPSA) is 85.8 Å². The molecule has 1 heterocycles. The molecule has 0 radical (unpaired) electrons. The first kappa shape index (κ1) is 13.0. The zero-order chi connectivity index (χ0) is 13.0. The van der Waals surface area contributed by atoms with Crippen LogP contribution in [-0.2, 0) is 17.9 Å². The van der Waals surface area contributed by atoms with Crippen molar-refractivity contribution in [2.45, 2.75) is 13.1 Å². The fraction of sp³-hybridized carbons (Fsp3) is 0.182. The largest absolute Gasteiger partial charge is 0.325 e. The zero-order valence-electron chi connectivity index (χ0n) is 9.51. The number of rotatable bonds is 4. The Hall–Kier alpha value is -1.48. The van der Waals surface area contributed by atoms with Crippen LogP contribution in [0.3, 0.4) is 0 Å². The molecule has 7 heteroatoms. The number of benzene rings is 1. The van der Waals surface area contributed by atoms with Crippen molar-refractivity contribution in [2.24, 2.45) is 5.73 Å². The van der Waals surface area contributed by atoms with E-state index >= 15 is 0 Å². The number of halogens is 1. The summed E-state index contributed by atoms with van der Waals surface area (Å²) in [4.78, 5) is 11.7. The fourth-order valence-corrected chi connectivity index (χ4v) is 1.75. The Morgan fingerprint density at radius 1 is 1.39 bits per heavy atom. The lowest BCUT2D eigenvalue weighted by Gasteiger charge is -2.04. The Bertz CT molecular complexity index is 537. The van der Waals surface area contributed by atoms with Crippen LogP contribution in [0.4, 0.5) is 5.69 Å². The van der Waals surface area contributed by atoms with E-state index in [0.29, 0.717) is 12.2 Å². The van der Waals surface area contributed by atoms with Gasteiger partial charge in [-0.2, -0.15) is 0 Å². The molecule has 0 aliphatic rings. The Balaban J connectivity index is 1.94. The van der Waals surface area contributed by atoms with Gasteiger partial charge in [0, 0.05) is 15.8 Å². The molecule has 2 rings (SSSR count). The molecule has 0 fully saturated rings. The molecule has 1 aromatic carbocycles. The summed E-state index contributed by atoms with van der Waals surface area (Å²) in [7, 11) is 0. The average Bonchev–Trinajstić information content (AvgIpc) is 2.79. The number of carbonyl (C=O) groups is 1. The highest BCUT2D eigenvalue weighted by atomic mass is 127. The molecule has 18 heavy (non-hydrogen) atoms. The predicted octanol–water partition coefficient (Wildman–Crippen LogP) is 0.980. The van der Waals surface area contributed by atoms with Crippen LogP contribution < -0.4 is 11.1 Å². The molecule has 0 bridgehead atoms. The second-order valence-corrected chi connectivity index (χ2v) is 4.91. The number of nitrogens with two attached hydrogens (primary N) is 1. The van der Waals surface area contributed by atoms with Gasteiger partial charge in [-0.15, -0.1) is 5.10 Å². The minimum Gasteiger partial charge on any atom is -0.325 e. The van der Waals surface area contributed by atoms with Gasteiger partial charge < -0.3 is 11.1 Å². The van der Waals surface area contributed by atoms with Gasteiger partial charge >= 0.3 is 0 Å². The first-order valence-corrected chi connectivity index (χ1v) is 6.40. The van der Waals surface area contributed by atoms with Crippen LogP contribution in [0.25, 0.3) is 0 Å². The highest BCUT2D eigenvalue weighted by molar-refractivity contribution is 14.1. The molecule has 1 aromatic heterocycles. The van der Waals surface area contributed by atoms with Crippen LogP contribution in [0.1, 0.15) is 5.69 Å². The third kappa shape index (κ3) is 3.50. The first-order chi connectivity index (χ1) is 8.67. The molecular weight excluding hydrogens is 345 g/mol. The van der Waals surface area contributed by atoms with Gasteiger partial charge in [-0.1, -0.05) is 5.21 Å². The van der Waals surface area contributed by atoms with Crippen LogP contribution in [0.2, 0.25) is 0 Å². The van der Waals surface area contributed by atoms with Crippen molar-refractivity contribution < 1.29 is 4.79 Å². The SMILES string of the molecule is NCc1cn(CC(=O)Nc2ccc(I)cc2)nn1. The van der Waals surface area contributed by atoms with Crippen LogP contribution >= 0.6 is 22.6 Å². The van der Waals surface area contributed by atoms with Crippen LogP contribution in [0, 0.1) is 3.57 Å². The molecule has 2 aromatic rings. The number of anilines is 1. The first-order valence-electron chi connectivity index (χ1n) is 5.32. The van der Waals surface area contributed by atoms with Gasteiger partial charge in [0.1, 0.15) is 6.54 Å². The molecule has 0 saturated heterocycles. The summed E-state index contributed by atoms with van der Waals surface area (Å²) in [6, 6.07) is 7.56. The molecule has 0 aliphatic heterocycles. The third-order valence-electron chi connectivity index (χ3n) is 2.23. The van der Waals surface area contributed by atoms with E-state index in [1.165, 1.54) is 4.68 Å². The van der Waals surface area contributed by atoms with Crippen molar-refractivity contribution in [3.63, 3.8) is 0 Å². The summed E-state index contributed by atoms with van der Waals surface area (Å²) in [6.45, 7) is 0.442. The van der Waals surface area contributed by atoms with Crippen LogP contribution in [0.15, 0.2) is 30.5 Å². The van der Waals surface area contributed by atoms with Crippen molar-refractivity contribution >= 4 is 34.2 Å². The van der Waals surface area contributed by atoms with Crippen molar-refractivity contribution in [1.29, 1.82) is 0 Å². The number of nitrogens with one attached hydrogen (secondary N) is 1. The van der Waals surface area contributed by atoms with Gasteiger partial charge in [0.2, 0.25) is 5.91 Å². The lowest BCUT2D eigenvalue weighted by Crippen LogP contribution is -2.19. The van der Waals surface area contributed by atoms with Gasteiger partial charge in [0.05, 0.1) is 11.9 Å². The van der Waals surface area contributed by atoms with Gasteiger partial charge in [0.25, 0.3) is 0 Å². The molecule has 94 valence electrons. The highest BCUT2D eigenvalue weighted by Crippen LogP contribution is 2.11. The Morgan fingerprint density at radius 3 is 2.72 bits per heavy atom. The maximum Gasteiger partial charge on any atom is 0.246 e. The number of hydrogen-bond donors (Lipinski definition) is 2. The molecule has 0 atom stereocenters. The van der Waals surface area contributed by atoms with Crippen LogP contribution in [0.5, 0.6) is 0 Å². The molecule has 0 saturated carbocycles. The highest BCUT2D eigenvalue weighted by Gasteiger charge is 2.05. The molecule has 0 unspecified atom stereocenters. The van der Waals surface area contributed by atoms with Crippen molar-refractivity contribution in [3.8, 4) is 0 Å². The van der Waals surface area contributed by atoms with Crippen LogP contribution in [-0.4, -0.2) is 20.9 Å². The maximum atomic E-state index is 11.7. The minimum atomic E-state index is -0.148. The van der Waals surface area contributed by atoms with E-state index < -0.39 is 0 Å².